The average molecular weight is 244 g/mol. The third-order valence-electron chi connectivity index (χ3n) is 3.04. The van der Waals surface area contributed by atoms with Gasteiger partial charge in [-0.1, -0.05) is 12.1 Å². The number of rotatable bonds is 4. The largest absolute Gasteiger partial charge is 0.357 e. The van der Waals surface area contributed by atoms with Crippen molar-refractivity contribution in [1.82, 2.24) is 9.97 Å². The molecule has 4 heteroatoms. The molecule has 0 unspecified atom stereocenters. The molecule has 0 saturated carbocycles. The third kappa shape index (κ3) is 2.23. The summed E-state index contributed by atoms with van der Waals surface area (Å²) in [5, 5.41) is 4.13. The maximum atomic E-state index is 4.62. The highest BCUT2D eigenvalue weighted by Gasteiger charge is 2.15. The first kappa shape index (κ1) is 12.6. The quantitative estimate of drug-likeness (QED) is 0.898. The maximum Gasteiger partial charge on any atom is 0.224 e. The fraction of sp³-hybridized carbons (Fsp3) is 0.429. The normalized spacial score (nSPS) is 10.9. The lowest BCUT2D eigenvalue weighted by Crippen LogP contribution is -2.31. The zero-order chi connectivity index (χ0) is 13.1. The molecule has 0 bridgehead atoms. The van der Waals surface area contributed by atoms with Gasteiger partial charge in [0.05, 0.1) is 5.52 Å². The summed E-state index contributed by atoms with van der Waals surface area (Å²) in [6.07, 6.45) is 0. The van der Waals surface area contributed by atoms with E-state index in [1.54, 1.807) is 0 Å². The Morgan fingerprint density at radius 1 is 1.22 bits per heavy atom. The molecule has 1 aromatic carbocycles. The van der Waals surface area contributed by atoms with Gasteiger partial charge >= 0.3 is 0 Å². The van der Waals surface area contributed by atoms with Crippen molar-refractivity contribution in [2.75, 3.05) is 23.8 Å². The van der Waals surface area contributed by atoms with Gasteiger partial charge in [0.2, 0.25) is 5.95 Å². The first-order valence-electron chi connectivity index (χ1n) is 6.38. The minimum Gasteiger partial charge on any atom is -0.357 e. The minimum atomic E-state index is 0.415. The van der Waals surface area contributed by atoms with Crippen molar-refractivity contribution in [2.24, 2.45) is 0 Å². The van der Waals surface area contributed by atoms with Gasteiger partial charge in [-0.05, 0) is 32.9 Å². The van der Waals surface area contributed by atoms with Gasteiger partial charge in [0.1, 0.15) is 5.82 Å². The van der Waals surface area contributed by atoms with Gasteiger partial charge in [0.25, 0.3) is 0 Å². The van der Waals surface area contributed by atoms with E-state index in [1.165, 1.54) is 0 Å². The lowest BCUT2D eigenvalue weighted by atomic mass is 10.2. The Balaban J connectivity index is 2.66. The van der Waals surface area contributed by atoms with Crippen LogP contribution in [0, 0.1) is 0 Å². The van der Waals surface area contributed by atoms with E-state index >= 15 is 0 Å². The predicted molar refractivity (Wildman–Crippen MR) is 77.2 cm³/mol. The van der Waals surface area contributed by atoms with Crippen LogP contribution in [0.3, 0.4) is 0 Å². The van der Waals surface area contributed by atoms with Gasteiger partial charge in [-0.25, -0.2) is 4.98 Å². The highest BCUT2D eigenvalue weighted by molar-refractivity contribution is 5.90. The Labute approximate surface area is 108 Å². The van der Waals surface area contributed by atoms with E-state index in [2.05, 4.69) is 47.0 Å². The lowest BCUT2D eigenvalue weighted by Gasteiger charge is -2.27. The van der Waals surface area contributed by atoms with Crippen molar-refractivity contribution < 1.29 is 0 Å². The summed E-state index contributed by atoms with van der Waals surface area (Å²) in [5.74, 6) is 1.67. The number of fused-ring (bicyclic) bond motifs is 1. The molecule has 0 aliphatic rings. The summed E-state index contributed by atoms with van der Waals surface area (Å²) in [7, 11) is 1.85. The van der Waals surface area contributed by atoms with Crippen molar-refractivity contribution in [2.45, 2.75) is 26.8 Å². The number of benzene rings is 1. The summed E-state index contributed by atoms with van der Waals surface area (Å²) in [5.41, 5.74) is 0.978. The molecule has 1 heterocycles. The van der Waals surface area contributed by atoms with E-state index in [1.807, 2.05) is 25.2 Å². The monoisotopic (exact) mass is 244 g/mol. The van der Waals surface area contributed by atoms with Crippen LogP contribution in [-0.4, -0.2) is 29.6 Å². The highest BCUT2D eigenvalue weighted by atomic mass is 15.2. The molecule has 96 valence electrons. The molecule has 0 aliphatic carbocycles. The summed E-state index contributed by atoms with van der Waals surface area (Å²) in [6.45, 7) is 7.44. The molecule has 0 aliphatic heterocycles. The van der Waals surface area contributed by atoms with Crippen LogP contribution in [0.5, 0.6) is 0 Å². The highest BCUT2D eigenvalue weighted by Crippen LogP contribution is 2.26. The molecule has 18 heavy (non-hydrogen) atoms. The molecular formula is C14H20N4. The Hall–Kier alpha value is -1.84. The van der Waals surface area contributed by atoms with Crippen LogP contribution in [0.1, 0.15) is 20.8 Å². The zero-order valence-electron chi connectivity index (χ0n) is 11.4. The summed E-state index contributed by atoms with van der Waals surface area (Å²) in [6, 6.07) is 8.55. The van der Waals surface area contributed by atoms with E-state index in [4.69, 9.17) is 0 Å². The Bertz CT molecular complexity index is 536. The first-order chi connectivity index (χ1) is 8.67. The van der Waals surface area contributed by atoms with E-state index in [0.717, 1.165) is 23.3 Å². The van der Waals surface area contributed by atoms with E-state index in [0.29, 0.717) is 12.0 Å². The van der Waals surface area contributed by atoms with Crippen molar-refractivity contribution in [1.29, 1.82) is 0 Å². The second-order valence-electron chi connectivity index (χ2n) is 4.52. The Morgan fingerprint density at radius 3 is 2.56 bits per heavy atom. The van der Waals surface area contributed by atoms with Crippen LogP contribution in [0.15, 0.2) is 24.3 Å². The molecular weight excluding hydrogens is 224 g/mol. The molecule has 1 aromatic heterocycles. The molecule has 0 spiro atoms. The topological polar surface area (TPSA) is 41.1 Å². The molecule has 4 nitrogen and oxygen atoms in total. The third-order valence-corrected chi connectivity index (χ3v) is 3.04. The number of hydrogen-bond donors (Lipinski definition) is 1. The van der Waals surface area contributed by atoms with E-state index < -0.39 is 0 Å². The molecule has 0 saturated heterocycles. The molecule has 2 aromatic rings. The first-order valence-corrected chi connectivity index (χ1v) is 6.38. The fourth-order valence-corrected chi connectivity index (χ4v) is 2.15. The van der Waals surface area contributed by atoms with Gasteiger partial charge in [-0.3, -0.25) is 0 Å². The predicted octanol–water partition coefficient (Wildman–Crippen LogP) is 2.91. The number of nitrogens with one attached hydrogen (secondary N) is 1. The molecule has 0 atom stereocenters. The second-order valence-corrected chi connectivity index (χ2v) is 4.52. The minimum absolute atomic E-state index is 0.415. The van der Waals surface area contributed by atoms with Gasteiger partial charge < -0.3 is 10.2 Å². The van der Waals surface area contributed by atoms with Crippen LogP contribution < -0.4 is 10.2 Å². The smallest absolute Gasteiger partial charge is 0.224 e. The van der Waals surface area contributed by atoms with Gasteiger partial charge in [0.15, 0.2) is 0 Å². The molecule has 2 rings (SSSR count). The Kier molecular flexibility index (Phi) is 3.65. The fourth-order valence-electron chi connectivity index (χ4n) is 2.15. The molecule has 0 amide bonds. The van der Waals surface area contributed by atoms with E-state index in [9.17, 15) is 0 Å². The van der Waals surface area contributed by atoms with Gasteiger partial charge in [-0.2, -0.15) is 4.98 Å². The molecule has 0 fully saturated rings. The van der Waals surface area contributed by atoms with Crippen LogP contribution >= 0.6 is 0 Å². The SMILES string of the molecule is CCN(c1nc(NC)nc2ccccc12)C(C)C. The summed E-state index contributed by atoms with van der Waals surface area (Å²) >= 11 is 0. The van der Waals surface area contributed by atoms with E-state index in [-0.39, 0.29) is 0 Å². The van der Waals surface area contributed by atoms with Crippen molar-refractivity contribution in [3.63, 3.8) is 0 Å². The van der Waals surface area contributed by atoms with Crippen molar-refractivity contribution in [3.05, 3.63) is 24.3 Å². The number of hydrogen-bond acceptors (Lipinski definition) is 4. The standard InChI is InChI=1S/C14H20N4/c1-5-18(10(2)3)13-11-8-6-7-9-12(11)16-14(15-4)17-13/h6-10H,5H2,1-4H3,(H,15,16,17). The summed E-state index contributed by atoms with van der Waals surface area (Å²) < 4.78 is 0. The zero-order valence-corrected chi connectivity index (χ0v) is 11.4. The van der Waals surface area contributed by atoms with Gasteiger partial charge in [0, 0.05) is 25.0 Å². The number of aromatic nitrogens is 2. The van der Waals surface area contributed by atoms with Crippen LogP contribution in [0.2, 0.25) is 0 Å². The second kappa shape index (κ2) is 5.21. The van der Waals surface area contributed by atoms with Crippen molar-refractivity contribution in [3.8, 4) is 0 Å². The number of nitrogens with zero attached hydrogens (tertiary/aromatic N) is 3. The maximum absolute atomic E-state index is 4.62. The van der Waals surface area contributed by atoms with Crippen LogP contribution in [-0.2, 0) is 0 Å². The Morgan fingerprint density at radius 2 is 1.94 bits per heavy atom. The average Bonchev–Trinajstić information content (AvgIpc) is 2.38. The van der Waals surface area contributed by atoms with Crippen LogP contribution in [0.4, 0.5) is 11.8 Å². The van der Waals surface area contributed by atoms with Crippen molar-refractivity contribution >= 4 is 22.7 Å². The summed E-state index contributed by atoms with van der Waals surface area (Å²) in [4.78, 5) is 11.4. The number of para-hydroxylation sites is 1. The molecule has 0 radical (unpaired) electrons. The number of anilines is 2. The lowest BCUT2D eigenvalue weighted by molar-refractivity contribution is 0.696. The van der Waals surface area contributed by atoms with Gasteiger partial charge in [-0.15, -0.1) is 0 Å². The van der Waals surface area contributed by atoms with Crippen LogP contribution in [0.25, 0.3) is 10.9 Å². The molecule has 1 N–H and O–H groups in total.